The molecule has 7 nitrogen and oxygen atoms in total. The largest absolute Gasteiger partial charge is 0.354 e. The predicted molar refractivity (Wildman–Crippen MR) is 95.5 cm³/mol. The highest BCUT2D eigenvalue weighted by Gasteiger charge is 2.09. The van der Waals surface area contributed by atoms with Gasteiger partial charge in [-0.05, 0) is 41.5 Å². The summed E-state index contributed by atoms with van der Waals surface area (Å²) >= 11 is 0. The van der Waals surface area contributed by atoms with Crippen LogP contribution in [0.3, 0.4) is 0 Å². The average molecular weight is 336 g/mol. The third kappa shape index (κ3) is 4.63. The Labute approximate surface area is 146 Å². The zero-order chi connectivity index (χ0) is 17.5. The average Bonchev–Trinajstić information content (AvgIpc) is 3.10. The third-order valence-electron chi connectivity index (χ3n) is 3.73. The van der Waals surface area contributed by atoms with Crippen LogP contribution >= 0.6 is 0 Å². The fourth-order valence-electron chi connectivity index (χ4n) is 2.37. The van der Waals surface area contributed by atoms with Crippen molar-refractivity contribution in [3.8, 4) is 5.69 Å². The number of nitrogens with zero attached hydrogens (tertiary/aromatic N) is 4. The van der Waals surface area contributed by atoms with Gasteiger partial charge in [-0.15, -0.1) is 0 Å². The number of carbonyl (C=O) groups is 1. The molecule has 0 unspecified atom stereocenters. The molecular weight excluding hydrogens is 316 g/mol. The number of anilines is 1. The van der Waals surface area contributed by atoms with Crippen molar-refractivity contribution in [2.75, 3.05) is 18.4 Å². The van der Waals surface area contributed by atoms with Crippen molar-refractivity contribution in [2.45, 2.75) is 13.3 Å². The van der Waals surface area contributed by atoms with E-state index in [0.717, 1.165) is 17.7 Å². The van der Waals surface area contributed by atoms with E-state index in [9.17, 15) is 4.79 Å². The topological polar surface area (TPSA) is 84.7 Å². The van der Waals surface area contributed by atoms with Gasteiger partial charge >= 0.3 is 0 Å². The summed E-state index contributed by atoms with van der Waals surface area (Å²) in [6.45, 7) is 2.72. The highest BCUT2D eigenvalue weighted by Crippen LogP contribution is 2.11. The molecule has 25 heavy (non-hydrogen) atoms. The Morgan fingerprint density at radius 1 is 1.08 bits per heavy atom. The molecule has 1 aromatic heterocycles. The van der Waals surface area contributed by atoms with Crippen LogP contribution in [0.5, 0.6) is 0 Å². The van der Waals surface area contributed by atoms with Gasteiger partial charge in [-0.3, -0.25) is 4.79 Å². The van der Waals surface area contributed by atoms with E-state index in [1.54, 1.807) is 4.68 Å². The van der Waals surface area contributed by atoms with Crippen LogP contribution in [0.2, 0.25) is 0 Å². The Hall–Kier alpha value is -3.22. The molecule has 1 heterocycles. The molecule has 0 saturated carbocycles. The van der Waals surface area contributed by atoms with Gasteiger partial charge in [-0.2, -0.15) is 4.68 Å². The van der Waals surface area contributed by atoms with Crippen LogP contribution in [-0.4, -0.2) is 39.2 Å². The second-order valence-corrected chi connectivity index (χ2v) is 5.69. The van der Waals surface area contributed by atoms with Crippen molar-refractivity contribution >= 4 is 11.9 Å². The number of benzene rings is 2. The van der Waals surface area contributed by atoms with E-state index in [2.05, 4.69) is 26.2 Å². The van der Waals surface area contributed by atoms with Gasteiger partial charge in [0, 0.05) is 6.54 Å². The second-order valence-electron chi connectivity index (χ2n) is 5.69. The van der Waals surface area contributed by atoms with Crippen LogP contribution in [0.15, 0.2) is 54.6 Å². The molecule has 2 N–H and O–H groups in total. The lowest BCUT2D eigenvalue weighted by Gasteiger charge is -2.08. The molecule has 3 aromatic rings. The van der Waals surface area contributed by atoms with Crippen LogP contribution in [-0.2, 0) is 11.2 Å². The molecule has 0 fully saturated rings. The lowest BCUT2D eigenvalue weighted by atomic mass is 10.1. The summed E-state index contributed by atoms with van der Waals surface area (Å²) < 4.78 is 1.57. The molecule has 2 aromatic carbocycles. The standard InChI is InChI=1S/C18H20N6O/c1-14-7-9-16(10-8-14)24-18(21-22-23-24)20-13-17(25)19-12-11-15-5-3-2-4-6-15/h2-10H,11-13H2,1H3,(H,19,25)(H,20,21,23). The maximum absolute atomic E-state index is 12.0. The van der Waals surface area contributed by atoms with Gasteiger partial charge in [-0.25, -0.2) is 0 Å². The van der Waals surface area contributed by atoms with Crippen LogP contribution < -0.4 is 10.6 Å². The number of aryl methyl sites for hydroxylation is 1. The van der Waals surface area contributed by atoms with Crippen molar-refractivity contribution in [3.63, 3.8) is 0 Å². The van der Waals surface area contributed by atoms with Gasteiger partial charge in [0.15, 0.2) is 0 Å². The smallest absolute Gasteiger partial charge is 0.248 e. The first kappa shape index (κ1) is 16.6. The highest BCUT2D eigenvalue weighted by atomic mass is 16.1. The zero-order valence-corrected chi connectivity index (χ0v) is 14.0. The summed E-state index contributed by atoms with van der Waals surface area (Å²) in [4.78, 5) is 12.0. The van der Waals surface area contributed by atoms with E-state index in [-0.39, 0.29) is 12.5 Å². The maximum atomic E-state index is 12.0. The first-order valence-electron chi connectivity index (χ1n) is 8.12. The normalized spacial score (nSPS) is 10.4. The zero-order valence-electron chi connectivity index (χ0n) is 14.0. The van der Waals surface area contributed by atoms with Gasteiger partial charge in [0.25, 0.3) is 0 Å². The van der Waals surface area contributed by atoms with E-state index in [4.69, 9.17) is 0 Å². The molecule has 128 valence electrons. The van der Waals surface area contributed by atoms with Gasteiger partial charge < -0.3 is 10.6 Å². The van der Waals surface area contributed by atoms with Gasteiger partial charge in [0.05, 0.1) is 12.2 Å². The highest BCUT2D eigenvalue weighted by molar-refractivity contribution is 5.80. The van der Waals surface area contributed by atoms with Gasteiger partial charge in [0.2, 0.25) is 11.9 Å². The minimum atomic E-state index is -0.102. The van der Waals surface area contributed by atoms with Crippen molar-refractivity contribution in [3.05, 3.63) is 65.7 Å². The number of tetrazole rings is 1. The minimum Gasteiger partial charge on any atom is -0.354 e. The van der Waals surface area contributed by atoms with E-state index >= 15 is 0 Å². The molecule has 0 saturated heterocycles. The fourth-order valence-corrected chi connectivity index (χ4v) is 2.37. The summed E-state index contributed by atoms with van der Waals surface area (Å²) in [6.07, 6.45) is 0.799. The molecule has 0 aliphatic rings. The first-order chi connectivity index (χ1) is 12.2. The lowest BCUT2D eigenvalue weighted by Crippen LogP contribution is -2.32. The van der Waals surface area contributed by atoms with Crippen molar-refractivity contribution in [2.24, 2.45) is 0 Å². The van der Waals surface area contributed by atoms with Crippen LogP contribution in [0, 0.1) is 6.92 Å². The molecule has 0 radical (unpaired) electrons. The Kier molecular flexibility index (Phi) is 5.36. The first-order valence-corrected chi connectivity index (χ1v) is 8.12. The van der Waals surface area contributed by atoms with Gasteiger partial charge in [-0.1, -0.05) is 53.1 Å². The number of amides is 1. The molecule has 3 rings (SSSR count). The molecule has 7 heteroatoms. The second kappa shape index (κ2) is 8.05. The number of rotatable bonds is 7. The SMILES string of the molecule is Cc1ccc(-n2nnnc2NCC(=O)NCCc2ccccc2)cc1. The molecule has 0 aliphatic heterocycles. The summed E-state index contributed by atoms with van der Waals surface area (Å²) in [5, 5.41) is 17.4. The summed E-state index contributed by atoms with van der Waals surface area (Å²) in [5.41, 5.74) is 3.19. The summed E-state index contributed by atoms with van der Waals surface area (Å²) in [6, 6.07) is 17.9. The molecule has 1 amide bonds. The van der Waals surface area contributed by atoms with E-state index in [1.165, 1.54) is 5.56 Å². The number of hydrogen-bond donors (Lipinski definition) is 2. The molecule has 0 aliphatic carbocycles. The van der Waals surface area contributed by atoms with E-state index in [0.29, 0.717) is 12.5 Å². The molecule has 0 spiro atoms. The van der Waals surface area contributed by atoms with Crippen molar-refractivity contribution in [1.82, 2.24) is 25.5 Å². The Morgan fingerprint density at radius 3 is 2.60 bits per heavy atom. The number of carbonyl (C=O) groups excluding carboxylic acids is 1. The summed E-state index contributed by atoms with van der Waals surface area (Å²) in [5.74, 6) is 0.330. The fraction of sp³-hybridized carbons (Fsp3) is 0.222. The lowest BCUT2D eigenvalue weighted by molar-refractivity contribution is -0.119. The molecular formula is C18H20N6O. The third-order valence-corrected chi connectivity index (χ3v) is 3.73. The van der Waals surface area contributed by atoms with Crippen molar-refractivity contribution in [1.29, 1.82) is 0 Å². The van der Waals surface area contributed by atoms with Crippen LogP contribution in [0.1, 0.15) is 11.1 Å². The summed E-state index contributed by atoms with van der Waals surface area (Å²) in [7, 11) is 0. The van der Waals surface area contributed by atoms with Gasteiger partial charge in [0.1, 0.15) is 0 Å². The quantitative estimate of drug-likeness (QED) is 0.686. The Bertz CT molecular complexity index is 813. The van der Waals surface area contributed by atoms with Crippen LogP contribution in [0.25, 0.3) is 5.69 Å². The number of hydrogen-bond acceptors (Lipinski definition) is 5. The maximum Gasteiger partial charge on any atom is 0.248 e. The Morgan fingerprint density at radius 2 is 1.84 bits per heavy atom. The Balaban J connectivity index is 1.49. The predicted octanol–water partition coefficient (Wildman–Crippen LogP) is 1.74. The van der Waals surface area contributed by atoms with E-state index in [1.807, 2.05) is 61.5 Å². The number of nitrogens with one attached hydrogen (secondary N) is 2. The van der Waals surface area contributed by atoms with Crippen LogP contribution in [0.4, 0.5) is 5.95 Å². The molecule has 0 atom stereocenters. The monoisotopic (exact) mass is 336 g/mol. The minimum absolute atomic E-state index is 0.102. The molecule has 0 bridgehead atoms. The van der Waals surface area contributed by atoms with E-state index < -0.39 is 0 Å². The van der Waals surface area contributed by atoms with Crippen molar-refractivity contribution < 1.29 is 4.79 Å². The number of aromatic nitrogens is 4.